The number of esters is 1. The predicted octanol–water partition coefficient (Wildman–Crippen LogP) is 2.64. The molecule has 114 valence electrons. The van der Waals surface area contributed by atoms with Gasteiger partial charge < -0.3 is 4.74 Å². The molecule has 0 bridgehead atoms. The summed E-state index contributed by atoms with van der Waals surface area (Å²) in [5, 5.41) is 0.679. The average molecular weight is 325 g/mol. The molecule has 1 saturated heterocycles. The van der Waals surface area contributed by atoms with Crippen LogP contribution in [0.1, 0.15) is 31.4 Å². The second-order valence-electron chi connectivity index (χ2n) is 5.37. The molecule has 1 aliphatic heterocycles. The van der Waals surface area contributed by atoms with E-state index in [-0.39, 0.29) is 5.97 Å². The van der Waals surface area contributed by atoms with E-state index in [4.69, 9.17) is 4.74 Å². The number of carbonyl (C=O) groups is 1. The van der Waals surface area contributed by atoms with E-state index < -0.39 is 5.41 Å². The molecule has 0 atom stereocenters. The van der Waals surface area contributed by atoms with Crippen LogP contribution in [-0.2, 0) is 14.9 Å². The number of rotatable bonds is 5. The van der Waals surface area contributed by atoms with E-state index in [1.807, 2.05) is 17.8 Å². The Morgan fingerprint density at radius 3 is 2.90 bits per heavy atom. The molecule has 0 unspecified atom stereocenters. The number of hydrogen-bond acceptors (Lipinski definition) is 7. The fraction of sp³-hybridized carbons (Fsp3) is 0.643. The maximum atomic E-state index is 12.4. The van der Waals surface area contributed by atoms with Crippen LogP contribution >= 0.6 is 23.7 Å². The van der Waals surface area contributed by atoms with Crippen molar-refractivity contribution >= 4 is 35.6 Å². The Bertz CT molecular complexity index is 517. The first-order valence-electron chi connectivity index (χ1n) is 7.16. The molecular formula is C14H19N3O2S2. The van der Waals surface area contributed by atoms with Crippen molar-refractivity contribution in [2.75, 3.05) is 23.3 Å². The molecule has 21 heavy (non-hydrogen) atoms. The molecule has 0 radical (unpaired) electrons. The molecule has 1 aromatic rings. The molecule has 0 aromatic carbocycles. The Balaban J connectivity index is 1.83. The summed E-state index contributed by atoms with van der Waals surface area (Å²) >= 11 is 3.54. The second kappa shape index (κ2) is 6.44. The molecule has 0 spiro atoms. The number of aromatic nitrogens is 2. The first kappa shape index (κ1) is 15.0. The Morgan fingerprint density at radius 1 is 1.48 bits per heavy atom. The zero-order valence-corrected chi connectivity index (χ0v) is 13.6. The van der Waals surface area contributed by atoms with Gasteiger partial charge in [0.2, 0.25) is 5.95 Å². The van der Waals surface area contributed by atoms with Crippen LogP contribution in [0.3, 0.4) is 0 Å². The highest BCUT2D eigenvalue weighted by atomic mass is 32.2. The van der Waals surface area contributed by atoms with Crippen LogP contribution in [0.5, 0.6) is 0 Å². The molecule has 5 nitrogen and oxygen atoms in total. The molecule has 2 heterocycles. The second-order valence-corrected chi connectivity index (χ2v) is 7.70. The van der Waals surface area contributed by atoms with Crippen LogP contribution in [0.4, 0.5) is 5.95 Å². The Kier molecular flexibility index (Phi) is 4.59. The number of anilines is 1. The molecule has 1 aromatic heterocycles. The summed E-state index contributed by atoms with van der Waals surface area (Å²) in [6.07, 6.45) is 5.78. The quantitative estimate of drug-likeness (QED) is 0.659. The Hall–Kier alpha value is -0.950. The summed E-state index contributed by atoms with van der Waals surface area (Å²) in [5.41, 5.74) is 0.174. The summed E-state index contributed by atoms with van der Waals surface area (Å²) in [6, 6.07) is 1.85. The van der Waals surface area contributed by atoms with Crippen LogP contribution in [0, 0.1) is 0 Å². The summed E-state index contributed by atoms with van der Waals surface area (Å²) < 4.78 is 8.26. The van der Waals surface area contributed by atoms with Crippen molar-refractivity contribution in [1.82, 2.24) is 9.97 Å². The fourth-order valence-electron chi connectivity index (χ4n) is 2.48. The lowest BCUT2D eigenvalue weighted by Crippen LogP contribution is -2.41. The molecule has 2 fully saturated rings. The van der Waals surface area contributed by atoms with Crippen molar-refractivity contribution in [3.05, 3.63) is 18.0 Å². The van der Waals surface area contributed by atoms with Gasteiger partial charge in [-0.1, -0.05) is 0 Å². The lowest BCUT2D eigenvalue weighted by atomic mass is 9.78. The van der Waals surface area contributed by atoms with Gasteiger partial charge >= 0.3 is 5.97 Å². The van der Waals surface area contributed by atoms with E-state index >= 15 is 0 Å². The third-order valence-electron chi connectivity index (χ3n) is 3.91. The number of methoxy groups -OCH3 is 1. The minimum Gasteiger partial charge on any atom is -0.468 e. The summed E-state index contributed by atoms with van der Waals surface area (Å²) in [7, 11) is 1.45. The van der Waals surface area contributed by atoms with Gasteiger partial charge in [0, 0.05) is 11.4 Å². The number of thioether (sulfide) groups is 1. The molecule has 2 aliphatic rings. The summed E-state index contributed by atoms with van der Waals surface area (Å²) in [4.78, 5) is 21.2. The molecule has 0 amide bonds. The van der Waals surface area contributed by atoms with Crippen LogP contribution in [0.15, 0.2) is 12.3 Å². The van der Waals surface area contributed by atoms with E-state index in [1.54, 1.807) is 18.1 Å². The van der Waals surface area contributed by atoms with Crippen molar-refractivity contribution in [1.29, 1.82) is 0 Å². The lowest BCUT2D eigenvalue weighted by Gasteiger charge is -2.33. The van der Waals surface area contributed by atoms with Crippen LogP contribution < -0.4 is 4.72 Å². The number of nitrogens with zero attached hydrogens (tertiary/aromatic N) is 2. The van der Waals surface area contributed by atoms with Crippen LogP contribution in [0.25, 0.3) is 0 Å². The molecule has 1 N–H and O–H groups in total. The van der Waals surface area contributed by atoms with Gasteiger partial charge in [0.25, 0.3) is 0 Å². The third-order valence-corrected chi connectivity index (χ3v) is 6.00. The minimum atomic E-state index is -0.608. The average Bonchev–Trinajstić information content (AvgIpc) is 3.37. The monoisotopic (exact) mass is 325 g/mol. The van der Waals surface area contributed by atoms with E-state index in [1.165, 1.54) is 20.0 Å². The SMILES string of the molecule is COC(=O)C1(c2ccnc(NSC3CC3)n2)CCSCC1. The van der Waals surface area contributed by atoms with E-state index in [0.717, 1.165) is 30.0 Å². The van der Waals surface area contributed by atoms with Crippen molar-refractivity contribution in [2.24, 2.45) is 0 Å². The number of nitrogens with one attached hydrogen (secondary N) is 1. The van der Waals surface area contributed by atoms with Gasteiger partial charge in [0.1, 0.15) is 5.41 Å². The number of carbonyl (C=O) groups excluding carboxylic acids is 1. The molecule has 1 aliphatic carbocycles. The zero-order chi connectivity index (χ0) is 14.7. The largest absolute Gasteiger partial charge is 0.468 e. The summed E-state index contributed by atoms with van der Waals surface area (Å²) in [6.45, 7) is 0. The number of ether oxygens (including phenoxy) is 1. The maximum Gasteiger partial charge on any atom is 0.317 e. The predicted molar refractivity (Wildman–Crippen MR) is 86.5 cm³/mol. The van der Waals surface area contributed by atoms with E-state index in [2.05, 4.69) is 14.7 Å². The third kappa shape index (κ3) is 3.29. The molecular weight excluding hydrogens is 306 g/mol. The fourth-order valence-corrected chi connectivity index (χ4v) is 4.41. The van der Waals surface area contributed by atoms with E-state index in [9.17, 15) is 4.79 Å². The van der Waals surface area contributed by atoms with Crippen LogP contribution in [0.2, 0.25) is 0 Å². The number of hydrogen-bond donors (Lipinski definition) is 1. The van der Waals surface area contributed by atoms with Crippen molar-refractivity contribution in [3.63, 3.8) is 0 Å². The Morgan fingerprint density at radius 2 is 2.24 bits per heavy atom. The first-order valence-corrected chi connectivity index (χ1v) is 9.19. The van der Waals surface area contributed by atoms with Gasteiger partial charge in [-0.25, -0.2) is 9.97 Å². The van der Waals surface area contributed by atoms with Gasteiger partial charge in [0.05, 0.1) is 12.8 Å². The van der Waals surface area contributed by atoms with Gasteiger partial charge in [-0.3, -0.25) is 9.52 Å². The van der Waals surface area contributed by atoms with Crippen molar-refractivity contribution in [3.8, 4) is 0 Å². The van der Waals surface area contributed by atoms with Crippen LogP contribution in [-0.4, -0.2) is 39.8 Å². The molecule has 7 heteroatoms. The standard InChI is InChI=1S/C14H19N3O2S2/c1-19-12(18)14(5-8-20-9-6-14)11-4-7-15-13(16-11)17-21-10-2-3-10/h4,7,10H,2-3,5-6,8-9H2,1H3,(H,15,16,17). The minimum absolute atomic E-state index is 0.178. The van der Waals surface area contributed by atoms with Gasteiger partial charge in [-0.15, -0.1) is 0 Å². The molecule has 1 saturated carbocycles. The lowest BCUT2D eigenvalue weighted by molar-refractivity contribution is -0.148. The van der Waals surface area contributed by atoms with Crippen molar-refractivity contribution < 1.29 is 9.53 Å². The first-order chi connectivity index (χ1) is 10.2. The van der Waals surface area contributed by atoms with Gasteiger partial charge in [-0.2, -0.15) is 11.8 Å². The smallest absolute Gasteiger partial charge is 0.317 e. The van der Waals surface area contributed by atoms with Gasteiger partial charge in [0.15, 0.2) is 0 Å². The maximum absolute atomic E-state index is 12.4. The zero-order valence-electron chi connectivity index (χ0n) is 12.0. The summed E-state index contributed by atoms with van der Waals surface area (Å²) in [5.74, 6) is 2.32. The highest BCUT2D eigenvalue weighted by Gasteiger charge is 2.44. The van der Waals surface area contributed by atoms with E-state index in [0.29, 0.717) is 11.2 Å². The Labute approximate surface area is 133 Å². The highest BCUT2D eigenvalue weighted by molar-refractivity contribution is 8.01. The van der Waals surface area contributed by atoms with Gasteiger partial charge in [-0.05, 0) is 55.2 Å². The normalized spacial score (nSPS) is 20.8. The van der Waals surface area contributed by atoms with Crippen molar-refractivity contribution in [2.45, 2.75) is 36.3 Å². The highest BCUT2D eigenvalue weighted by Crippen LogP contribution is 2.39. The topological polar surface area (TPSA) is 64.1 Å². The molecule has 3 rings (SSSR count).